The van der Waals surface area contributed by atoms with Crippen molar-refractivity contribution in [3.05, 3.63) is 24.3 Å². The molecule has 1 amide bonds. The molecule has 2 nitrogen and oxygen atoms in total. The standard InChI is InChI=1S/C10H15F2NO/c1-5-10(11,12)8(4)6-9(14)13-7(2)3/h5-7H,1H2,2-4H3,(H,13,14)/b8-6+. The van der Waals surface area contributed by atoms with Crippen LogP contribution in [0.2, 0.25) is 0 Å². The minimum absolute atomic E-state index is 0.0658. The van der Waals surface area contributed by atoms with Gasteiger partial charge in [-0.05, 0) is 26.8 Å². The first kappa shape index (κ1) is 12.8. The van der Waals surface area contributed by atoms with E-state index in [0.29, 0.717) is 6.08 Å². The van der Waals surface area contributed by atoms with Gasteiger partial charge in [-0.1, -0.05) is 6.58 Å². The Morgan fingerprint density at radius 3 is 2.36 bits per heavy atom. The summed E-state index contributed by atoms with van der Waals surface area (Å²) in [4.78, 5) is 11.1. The second-order valence-electron chi connectivity index (χ2n) is 3.32. The summed E-state index contributed by atoms with van der Waals surface area (Å²) in [7, 11) is 0. The normalized spacial score (nSPS) is 12.9. The van der Waals surface area contributed by atoms with Crippen molar-refractivity contribution >= 4 is 5.91 Å². The number of carbonyl (C=O) groups is 1. The summed E-state index contributed by atoms with van der Waals surface area (Å²) >= 11 is 0. The Morgan fingerprint density at radius 2 is 2.00 bits per heavy atom. The molecule has 0 aromatic heterocycles. The molecule has 0 aromatic carbocycles. The average molecular weight is 203 g/mol. The summed E-state index contributed by atoms with van der Waals surface area (Å²) in [5, 5.41) is 2.49. The lowest BCUT2D eigenvalue weighted by Crippen LogP contribution is -2.29. The highest BCUT2D eigenvalue weighted by Crippen LogP contribution is 2.24. The summed E-state index contributed by atoms with van der Waals surface area (Å²) in [5.74, 6) is -3.63. The first-order valence-corrected chi connectivity index (χ1v) is 4.30. The van der Waals surface area contributed by atoms with Crippen molar-refractivity contribution in [3.8, 4) is 0 Å². The molecule has 0 rings (SSSR count). The third kappa shape index (κ3) is 4.16. The molecule has 4 heteroatoms. The van der Waals surface area contributed by atoms with E-state index in [1.807, 2.05) is 0 Å². The zero-order chi connectivity index (χ0) is 11.4. The monoisotopic (exact) mass is 203 g/mol. The molecule has 80 valence electrons. The van der Waals surface area contributed by atoms with Crippen LogP contribution >= 0.6 is 0 Å². The lowest BCUT2D eigenvalue weighted by Gasteiger charge is -2.12. The molecular weight excluding hydrogens is 188 g/mol. The fourth-order valence-corrected chi connectivity index (χ4v) is 0.780. The van der Waals surface area contributed by atoms with Crippen LogP contribution in [0.25, 0.3) is 0 Å². The minimum atomic E-state index is -3.12. The van der Waals surface area contributed by atoms with E-state index in [1.165, 1.54) is 6.92 Å². The highest BCUT2D eigenvalue weighted by molar-refractivity contribution is 5.88. The maximum absolute atomic E-state index is 12.9. The van der Waals surface area contributed by atoms with Crippen LogP contribution in [0.4, 0.5) is 8.78 Å². The van der Waals surface area contributed by atoms with E-state index in [1.54, 1.807) is 13.8 Å². The minimum Gasteiger partial charge on any atom is -0.350 e. The van der Waals surface area contributed by atoms with Gasteiger partial charge in [0.25, 0.3) is 5.92 Å². The SMILES string of the molecule is C=CC(F)(F)/C(C)=C/C(=O)NC(C)C. The molecule has 0 spiro atoms. The van der Waals surface area contributed by atoms with Crippen molar-refractivity contribution in [1.29, 1.82) is 0 Å². The molecule has 1 N–H and O–H groups in total. The second-order valence-corrected chi connectivity index (χ2v) is 3.32. The fraction of sp³-hybridized carbons (Fsp3) is 0.500. The van der Waals surface area contributed by atoms with Gasteiger partial charge in [0.1, 0.15) is 0 Å². The van der Waals surface area contributed by atoms with Crippen molar-refractivity contribution in [2.24, 2.45) is 0 Å². The summed E-state index contributed by atoms with van der Waals surface area (Å²) in [6.07, 6.45) is 1.41. The van der Waals surface area contributed by atoms with Gasteiger partial charge in [-0.2, -0.15) is 8.78 Å². The predicted molar refractivity (Wildman–Crippen MR) is 52.2 cm³/mol. The predicted octanol–water partition coefficient (Wildman–Crippen LogP) is 2.28. The molecule has 0 saturated carbocycles. The van der Waals surface area contributed by atoms with Crippen LogP contribution in [0.1, 0.15) is 20.8 Å². The number of hydrogen-bond acceptors (Lipinski definition) is 1. The highest BCUT2D eigenvalue weighted by atomic mass is 19.3. The largest absolute Gasteiger partial charge is 0.350 e. The molecule has 0 heterocycles. The topological polar surface area (TPSA) is 29.1 Å². The van der Waals surface area contributed by atoms with E-state index >= 15 is 0 Å². The van der Waals surface area contributed by atoms with Crippen molar-refractivity contribution in [3.63, 3.8) is 0 Å². The Kier molecular flexibility index (Phi) is 4.47. The summed E-state index contributed by atoms with van der Waals surface area (Å²) in [6.45, 7) is 7.71. The number of halogens is 2. The molecule has 14 heavy (non-hydrogen) atoms. The third-order valence-electron chi connectivity index (χ3n) is 1.56. The zero-order valence-electron chi connectivity index (χ0n) is 8.60. The molecule has 0 fully saturated rings. The van der Waals surface area contributed by atoms with E-state index in [9.17, 15) is 13.6 Å². The number of rotatable bonds is 4. The van der Waals surface area contributed by atoms with E-state index in [4.69, 9.17) is 0 Å². The van der Waals surface area contributed by atoms with Gasteiger partial charge in [0.2, 0.25) is 5.91 Å². The molecule has 0 radical (unpaired) electrons. The molecular formula is C10H15F2NO. The van der Waals surface area contributed by atoms with Crippen molar-refractivity contribution in [2.45, 2.75) is 32.7 Å². The van der Waals surface area contributed by atoms with Gasteiger partial charge in [0.15, 0.2) is 0 Å². The van der Waals surface area contributed by atoms with Crippen molar-refractivity contribution in [2.75, 3.05) is 0 Å². The Bertz CT molecular complexity index is 257. The number of nitrogens with one attached hydrogen (secondary N) is 1. The van der Waals surface area contributed by atoms with Gasteiger partial charge in [-0.3, -0.25) is 4.79 Å². The van der Waals surface area contributed by atoms with Crippen molar-refractivity contribution in [1.82, 2.24) is 5.32 Å². The Balaban J connectivity index is 4.52. The molecule has 0 aliphatic rings. The number of carbonyl (C=O) groups excluding carboxylic acids is 1. The second kappa shape index (κ2) is 4.88. The molecule has 0 aliphatic heterocycles. The first-order chi connectivity index (χ1) is 6.29. The van der Waals surface area contributed by atoms with Crippen LogP contribution in [0.15, 0.2) is 24.3 Å². The number of hydrogen-bond donors (Lipinski definition) is 1. The van der Waals surface area contributed by atoms with Crippen LogP contribution in [-0.4, -0.2) is 17.9 Å². The van der Waals surface area contributed by atoms with Crippen LogP contribution < -0.4 is 5.32 Å². The molecule has 0 aliphatic carbocycles. The van der Waals surface area contributed by atoms with E-state index in [0.717, 1.165) is 6.08 Å². The Labute approximate surface area is 82.7 Å². The fourth-order valence-electron chi connectivity index (χ4n) is 0.780. The molecule has 0 atom stereocenters. The maximum Gasteiger partial charge on any atom is 0.287 e. The van der Waals surface area contributed by atoms with Gasteiger partial charge >= 0.3 is 0 Å². The molecule has 0 aromatic rings. The third-order valence-corrected chi connectivity index (χ3v) is 1.56. The number of alkyl halides is 2. The lowest BCUT2D eigenvalue weighted by atomic mass is 10.1. The van der Waals surface area contributed by atoms with Crippen molar-refractivity contribution < 1.29 is 13.6 Å². The van der Waals surface area contributed by atoms with E-state index < -0.39 is 11.8 Å². The molecule has 0 bridgehead atoms. The van der Waals surface area contributed by atoms with Gasteiger partial charge in [-0.15, -0.1) is 0 Å². The summed E-state index contributed by atoms with van der Waals surface area (Å²) in [5.41, 5.74) is -0.314. The molecule has 0 unspecified atom stereocenters. The maximum atomic E-state index is 12.9. The van der Waals surface area contributed by atoms with E-state index in [2.05, 4.69) is 11.9 Å². The van der Waals surface area contributed by atoms with Crippen LogP contribution in [-0.2, 0) is 4.79 Å². The quantitative estimate of drug-likeness (QED) is 0.551. The average Bonchev–Trinajstić information content (AvgIpc) is 2.02. The Morgan fingerprint density at radius 1 is 1.50 bits per heavy atom. The van der Waals surface area contributed by atoms with E-state index in [-0.39, 0.29) is 11.6 Å². The smallest absolute Gasteiger partial charge is 0.287 e. The van der Waals surface area contributed by atoms with Gasteiger partial charge in [0.05, 0.1) is 0 Å². The van der Waals surface area contributed by atoms with Gasteiger partial charge < -0.3 is 5.32 Å². The summed E-state index contributed by atoms with van der Waals surface area (Å²) in [6, 6.07) is -0.0658. The lowest BCUT2D eigenvalue weighted by molar-refractivity contribution is -0.117. The van der Waals surface area contributed by atoms with Gasteiger partial charge in [0, 0.05) is 17.7 Å². The zero-order valence-corrected chi connectivity index (χ0v) is 8.60. The highest BCUT2D eigenvalue weighted by Gasteiger charge is 2.27. The summed E-state index contributed by atoms with van der Waals surface area (Å²) < 4.78 is 25.8. The van der Waals surface area contributed by atoms with Crippen LogP contribution in [0.3, 0.4) is 0 Å². The Hall–Kier alpha value is -1.19. The van der Waals surface area contributed by atoms with Crippen LogP contribution in [0.5, 0.6) is 0 Å². The van der Waals surface area contributed by atoms with Gasteiger partial charge in [-0.25, -0.2) is 0 Å². The number of allylic oxidation sites excluding steroid dienone is 2. The first-order valence-electron chi connectivity index (χ1n) is 4.30. The van der Waals surface area contributed by atoms with Crippen LogP contribution in [0, 0.1) is 0 Å². The number of amides is 1. The molecule has 0 saturated heterocycles.